The van der Waals surface area contributed by atoms with E-state index in [4.69, 9.17) is 0 Å². The van der Waals surface area contributed by atoms with E-state index < -0.39 is 0 Å². The van der Waals surface area contributed by atoms with E-state index in [1.165, 1.54) is 0 Å². The third-order valence-corrected chi connectivity index (χ3v) is 1.64. The fourth-order valence-electron chi connectivity index (χ4n) is 0.695. The SMILES string of the molecule is CCN(CC)C(=O)/C=C/I. The van der Waals surface area contributed by atoms with Crippen molar-refractivity contribution in [3.63, 3.8) is 0 Å². The Morgan fingerprint density at radius 3 is 2.30 bits per heavy atom. The van der Waals surface area contributed by atoms with Gasteiger partial charge in [-0.15, -0.1) is 0 Å². The van der Waals surface area contributed by atoms with E-state index in [2.05, 4.69) is 0 Å². The molecule has 0 fully saturated rings. The van der Waals surface area contributed by atoms with Crippen LogP contribution in [0.2, 0.25) is 0 Å². The lowest BCUT2D eigenvalue weighted by Crippen LogP contribution is -2.28. The Balaban J connectivity index is 3.89. The molecule has 0 radical (unpaired) electrons. The quantitative estimate of drug-likeness (QED) is 0.554. The van der Waals surface area contributed by atoms with Crippen molar-refractivity contribution in [3.8, 4) is 0 Å². The lowest BCUT2D eigenvalue weighted by molar-refractivity contribution is -0.125. The van der Waals surface area contributed by atoms with E-state index in [0.29, 0.717) is 0 Å². The molecule has 0 unspecified atom stereocenters. The summed E-state index contributed by atoms with van der Waals surface area (Å²) in [6, 6.07) is 0. The van der Waals surface area contributed by atoms with Gasteiger partial charge in [0.25, 0.3) is 0 Å². The molecule has 0 bridgehead atoms. The Morgan fingerprint density at radius 1 is 1.50 bits per heavy atom. The molecule has 0 rings (SSSR count). The molecular formula is C7H12INO. The highest BCUT2D eigenvalue weighted by molar-refractivity contribution is 14.1. The van der Waals surface area contributed by atoms with Gasteiger partial charge in [-0.05, 0) is 17.9 Å². The zero-order chi connectivity index (χ0) is 7.98. The van der Waals surface area contributed by atoms with Crippen LogP contribution in [-0.2, 0) is 4.79 Å². The van der Waals surface area contributed by atoms with Crippen molar-refractivity contribution >= 4 is 28.5 Å². The van der Waals surface area contributed by atoms with Gasteiger partial charge in [0.2, 0.25) is 5.91 Å². The van der Waals surface area contributed by atoms with Crippen molar-refractivity contribution in [1.82, 2.24) is 4.90 Å². The van der Waals surface area contributed by atoms with Gasteiger partial charge >= 0.3 is 0 Å². The average molecular weight is 253 g/mol. The van der Waals surface area contributed by atoms with Gasteiger partial charge in [-0.3, -0.25) is 4.79 Å². The van der Waals surface area contributed by atoms with Crippen LogP contribution < -0.4 is 0 Å². The van der Waals surface area contributed by atoms with Crippen LogP contribution in [0.15, 0.2) is 10.2 Å². The number of halogens is 1. The lowest BCUT2D eigenvalue weighted by atomic mass is 10.4. The Kier molecular flexibility index (Phi) is 5.67. The first kappa shape index (κ1) is 9.94. The van der Waals surface area contributed by atoms with Gasteiger partial charge in [0.05, 0.1) is 0 Å². The van der Waals surface area contributed by atoms with Gasteiger partial charge in [-0.25, -0.2) is 0 Å². The summed E-state index contributed by atoms with van der Waals surface area (Å²) >= 11 is 2.04. The fraction of sp³-hybridized carbons (Fsp3) is 0.571. The van der Waals surface area contributed by atoms with E-state index in [-0.39, 0.29) is 5.91 Å². The highest BCUT2D eigenvalue weighted by Crippen LogP contribution is 1.92. The van der Waals surface area contributed by atoms with Crippen molar-refractivity contribution in [3.05, 3.63) is 10.2 Å². The molecule has 0 atom stereocenters. The maximum Gasteiger partial charge on any atom is 0.246 e. The first-order valence-electron chi connectivity index (χ1n) is 3.31. The highest BCUT2D eigenvalue weighted by atomic mass is 127. The summed E-state index contributed by atoms with van der Waals surface area (Å²) in [4.78, 5) is 12.8. The van der Waals surface area contributed by atoms with Crippen molar-refractivity contribution in [1.29, 1.82) is 0 Å². The molecule has 0 heterocycles. The van der Waals surface area contributed by atoms with Crippen molar-refractivity contribution in [2.45, 2.75) is 13.8 Å². The van der Waals surface area contributed by atoms with E-state index in [1.807, 2.05) is 36.4 Å². The summed E-state index contributed by atoms with van der Waals surface area (Å²) in [5, 5.41) is 0. The van der Waals surface area contributed by atoms with Gasteiger partial charge in [-0.1, -0.05) is 22.6 Å². The van der Waals surface area contributed by atoms with Crippen molar-refractivity contribution in [2.24, 2.45) is 0 Å². The topological polar surface area (TPSA) is 20.3 Å². The molecule has 0 aromatic heterocycles. The van der Waals surface area contributed by atoms with Crippen LogP contribution in [0.4, 0.5) is 0 Å². The van der Waals surface area contributed by atoms with E-state index in [0.717, 1.165) is 13.1 Å². The molecular weight excluding hydrogens is 241 g/mol. The molecule has 3 heteroatoms. The Hall–Kier alpha value is -0.0600. The normalized spacial score (nSPS) is 10.3. The van der Waals surface area contributed by atoms with E-state index in [1.54, 1.807) is 15.1 Å². The zero-order valence-electron chi connectivity index (χ0n) is 6.30. The smallest absolute Gasteiger partial charge is 0.246 e. The highest BCUT2D eigenvalue weighted by Gasteiger charge is 2.02. The average Bonchev–Trinajstić information content (AvgIpc) is 1.91. The molecule has 0 aliphatic carbocycles. The number of likely N-dealkylation sites (N-methyl/N-ethyl adjacent to an activating group) is 1. The van der Waals surface area contributed by atoms with Crippen LogP contribution in [0.3, 0.4) is 0 Å². The molecule has 1 amide bonds. The largest absolute Gasteiger partial charge is 0.340 e. The Morgan fingerprint density at radius 2 is 2.00 bits per heavy atom. The summed E-state index contributed by atoms with van der Waals surface area (Å²) in [5.41, 5.74) is 0. The first-order chi connectivity index (χ1) is 4.76. The minimum Gasteiger partial charge on any atom is -0.340 e. The van der Waals surface area contributed by atoms with Crippen molar-refractivity contribution in [2.75, 3.05) is 13.1 Å². The summed E-state index contributed by atoms with van der Waals surface area (Å²) in [6.07, 6.45) is 1.58. The minimum absolute atomic E-state index is 0.0967. The summed E-state index contributed by atoms with van der Waals surface area (Å²) in [6.45, 7) is 5.53. The Bertz CT molecular complexity index is 130. The maximum atomic E-state index is 11.0. The summed E-state index contributed by atoms with van der Waals surface area (Å²) in [7, 11) is 0. The molecule has 10 heavy (non-hydrogen) atoms. The van der Waals surface area contributed by atoms with Gasteiger partial charge in [0.15, 0.2) is 0 Å². The van der Waals surface area contributed by atoms with Crippen LogP contribution in [0.1, 0.15) is 13.8 Å². The third-order valence-electron chi connectivity index (χ3n) is 1.28. The lowest BCUT2D eigenvalue weighted by Gasteiger charge is -2.15. The Labute approximate surface area is 75.4 Å². The third kappa shape index (κ3) is 3.20. The second-order valence-corrected chi connectivity index (χ2v) is 2.52. The van der Waals surface area contributed by atoms with Crippen LogP contribution in [0.5, 0.6) is 0 Å². The molecule has 0 aromatic rings. The van der Waals surface area contributed by atoms with E-state index >= 15 is 0 Å². The minimum atomic E-state index is 0.0967. The molecule has 0 spiro atoms. The van der Waals surface area contributed by atoms with Crippen LogP contribution in [0, 0.1) is 0 Å². The zero-order valence-corrected chi connectivity index (χ0v) is 8.46. The van der Waals surface area contributed by atoms with Gasteiger partial charge in [-0.2, -0.15) is 0 Å². The predicted octanol–water partition coefficient (Wildman–Crippen LogP) is 1.80. The molecule has 0 aliphatic heterocycles. The van der Waals surface area contributed by atoms with Crippen LogP contribution in [-0.4, -0.2) is 23.9 Å². The second-order valence-electron chi connectivity index (χ2n) is 1.80. The van der Waals surface area contributed by atoms with E-state index in [9.17, 15) is 4.79 Å². The molecule has 58 valence electrons. The molecule has 0 aromatic carbocycles. The van der Waals surface area contributed by atoms with Gasteiger partial charge in [0.1, 0.15) is 0 Å². The monoisotopic (exact) mass is 253 g/mol. The standard InChI is InChI=1S/C7H12INO/c1-3-9(4-2)7(10)5-6-8/h5-6H,3-4H2,1-2H3/b6-5+. The van der Waals surface area contributed by atoms with Crippen LogP contribution >= 0.6 is 22.6 Å². The molecule has 0 N–H and O–H groups in total. The van der Waals surface area contributed by atoms with Crippen LogP contribution in [0.25, 0.3) is 0 Å². The fourth-order valence-corrected chi connectivity index (χ4v) is 1.00. The number of rotatable bonds is 3. The summed E-state index contributed by atoms with van der Waals surface area (Å²) in [5.74, 6) is 0.0967. The first-order valence-corrected chi connectivity index (χ1v) is 4.56. The second kappa shape index (κ2) is 5.70. The number of nitrogens with zero attached hydrogens (tertiary/aromatic N) is 1. The molecule has 0 saturated carbocycles. The van der Waals surface area contributed by atoms with Gasteiger partial charge in [0, 0.05) is 19.2 Å². The number of carbonyl (C=O) groups excluding carboxylic acids is 1. The van der Waals surface area contributed by atoms with Crippen molar-refractivity contribution < 1.29 is 4.79 Å². The molecule has 2 nitrogen and oxygen atoms in total. The number of hydrogen-bond donors (Lipinski definition) is 0. The maximum absolute atomic E-state index is 11.0. The predicted molar refractivity (Wildman–Crippen MR) is 51.1 cm³/mol. The number of hydrogen-bond acceptors (Lipinski definition) is 1. The van der Waals surface area contributed by atoms with Gasteiger partial charge < -0.3 is 4.90 Å². The molecule has 0 aliphatic rings. The molecule has 0 saturated heterocycles. The number of amides is 1. The summed E-state index contributed by atoms with van der Waals surface area (Å²) < 4.78 is 1.73. The number of carbonyl (C=O) groups is 1.